The topological polar surface area (TPSA) is 63.2 Å². The van der Waals surface area contributed by atoms with E-state index in [4.69, 9.17) is 4.74 Å². The van der Waals surface area contributed by atoms with E-state index >= 15 is 0 Å². The minimum atomic E-state index is -0.227. The number of aromatic nitrogens is 1. The fourth-order valence-electron chi connectivity index (χ4n) is 1.34. The van der Waals surface area contributed by atoms with Gasteiger partial charge in [0.1, 0.15) is 0 Å². The van der Waals surface area contributed by atoms with Crippen LogP contribution >= 0.6 is 33.9 Å². The van der Waals surface area contributed by atoms with Gasteiger partial charge in [0.25, 0.3) is 0 Å². The highest BCUT2D eigenvalue weighted by atomic mass is 127. The normalized spacial score (nSPS) is 14.6. The molecule has 0 bridgehead atoms. The fraction of sp³-hybridized carbons (Fsp3) is 0.636. The number of rotatable bonds is 6. The number of hydrogen-bond acceptors (Lipinski definition) is 4. The second kappa shape index (κ2) is 6.67. The Labute approximate surface area is 124 Å². The third kappa shape index (κ3) is 4.69. The lowest BCUT2D eigenvalue weighted by molar-refractivity contribution is 0.127. The van der Waals surface area contributed by atoms with Crippen molar-refractivity contribution in [3.63, 3.8) is 0 Å². The molecule has 0 aromatic carbocycles. The summed E-state index contributed by atoms with van der Waals surface area (Å²) < 4.78 is 6.52. The maximum Gasteiger partial charge on any atom is 0.321 e. The number of thiazole rings is 1. The predicted octanol–water partition coefficient (Wildman–Crippen LogP) is 2.60. The molecule has 0 radical (unpaired) electrons. The summed E-state index contributed by atoms with van der Waals surface area (Å²) >= 11 is 3.68. The number of nitrogens with zero attached hydrogens (tertiary/aromatic N) is 1. The van der Waals surface area contributed by atoms with Crippen LogP contribution in [0.15, 0.2) is 0 Å². The number of amides is 2. The molecule has 1 aliphatic rings. The Balaban J connectivity index is 1.59. The number of nitrogens with one attached hydrogen (secondary N) is 2. The van der Waals surface area contributed by atoms with Crippen molar-refractivity contribution >= 4 is 45.1 Å². The first kappa shape index (κ1) is 14.0. The quantitative estimate of drug-likeness (QED) is 0.588. The first-order valence-electron chi connectivity index (χ1n) is 5.90. The van der Waals surface area contributed by atoms with E-state index in [1.165, 1.54) is 24.2 Å². The van der Waals surface area contributed by atoms with E-state index in [1.54, 1.807) is 0 Å². The van der Waals surface area contributed by atoms with Gasteiger partial charge in [-0.2, -0.15) is 0 Å². The average Bonchev–Trinajstić information content (AvgIpc) is 3.07. The monoisotopic (exact) mass is 381 g/mol. The molecule has 0 aliphatic heterocycles. The lowest BCUT2D eigenvalue weighted by atomic mass is 10.5. The minimum Gasteiger partial charge on any atom is -0.379 e. The zero-order valence-electron chi connectivity index (χ0n) is 10.2. The van der Waals surface area contributed by atoms with Crippen LogP contribution in [-0.4, -0.2) is 30.8 Å². The van der Waals surface area contributed by atoms with Crippen LogP contribution in [0.2, 0.25) is 0 Å². The molecule has 7 heteroatoms. The van der Waals surface area contributed by atoms with Crippen molar-refractivity contribution in [3.05, 3.63) is 8.58 Å². The highest BCUT2D eigenvalue weighted by Gasteiger charge is 2.20. The summed E-state index contributed by atoms with van der Waals surface area (Å²) in [5.41, 5.74) is 0.948. The average molecular weight is 381 g/mol. The van der Waals surface area contributed by atoms with Crippen molar-refractivity contribution in [1.29, 1.82) is 0 Å². The third-order valence-corrected chi connectivity index (χ3v) is 4.85. The summed E-state index contributed by atoms with van der Waals surface area (Å²) in [6.45, 7) is 3.85. The Hall–Kier alpha value is -0.410. The number of halogens is 1. The highest BCUT2D eigenvalue weighted by molar-refractivity contribution is 14.1. The molecular formula is C11H16IN3O2S. The summed E-state index contributed by atoms with van der Waals surface area (Å²) in [5.74, 6) is 0.763. The van der Waals surface area contributed by atoms with E-state index in [0.29, 0.717) is 18.3 Å². The van der Waals surface area contributed by atoms with Crippen LogP contribution in [0.5, 0.6) is 0 Å². The Kier molecular flexibility index (Phi) is 5.19. The van der Waals surface area contributed by atoms with Crippen LogP contribution in [-0.2, 0) is 4.74 Å². The molecule has 0 saturated heterocycles. The van der Waals surface area contributed by atoms with Crippen molar-refractivity contribution in [2.75, 3.05) is 25.1 Å². The fourth-order valence-corrected chi connectivity index (χ4v) is 2.78. The molecule has 18 heavy (non-hydrogen) atoms. The lowest BCUT2D eigenvalue weighted by Gasteiger charge is -2.05. The number of hydrogen-bond donors (Lipinski definition) is 2. The van der Waals surface area contributed by atoms with Crippen molar-refractivity contribution in [3.8, 4) is 0 Å². The number of urea groups is 1. The van der Waals surface area contributed by atoms with Crippen LogP contribution < -0.4 is 10.6 Å². The van der Waals surface area contributed by atoms with Gasteiger partial charge in [-0.25, -0.2) is 9.78 Å². The summed E-state index contributed by atoms with van der Waals surface area (Å²) in [6, 6.07) is -0.227. The second-order valence-electron chi connectivity index (χ2n) is 4.28. The Bertz CT molecular complexity index is 401. The molecule has 1 fully saturated rings. The first-order chi connectivity index (χ1) is 8.65. The zero-order chi connectivity index (χ0) is 13.0. The van der Waals surface area contributed by atoms with E-state index in [1.807, 2.05) is 6.92 Å². The van der Waals surface area contributed by atoms with Gasteiger partial charge in [-0.05, 0) is 48.3 Å². The van der Waals surface area contributed by atoms with Gasteiger partial charge in [0.15, 0.2) is 5.13 Å². The van der Waals surface area contributed by atoms with E-state index in [0.717, 1.165) is 21.1 Å². The molecule has 2 N–H and O–H groups in total. The van der Waals surface area contributed by atoms with E-state index < -0.39 is 0 Å². The van der Waals surface area contributed by atoms with Gasteiger partial charge < -0.3 is 10.1 Å². The number of anilines is 1. The zero-order valence-corrected chi connectivity index (χ0v) is 13.1. The summed E-state index contributed by atoms with van der Waals surface area (Å²) in [7, 11) is 0. The van der Waals surface area contributed by atoms with Gasteiger partial charge in [0.05, 0.1) is 15.2 Å². The molecular weight excluding hydrogens is 365 g/mol. The van der Waals surface area contributed by atoms with Gasteiger partial charge >= 0.3 is 6.03 Å². The molecule has 2 amide bonds. The van der Waals surface area contributed by atoms with Crippen molar-refractivity contribution in [1.82, 2.24) is 10.3 Å². The Morgan fingerprint density at radius 2 is 2.39 bits per heavy atom. The molecule has 1 aromatic rings. The second-order valence-corrected chi connectivity index (χ2v) is 7.09. The van der Waals surface area contributed by atoms with Crippen LogP contribution in [0.1, 0.15) is 18.5 Å². The van der Waals surface area contributed by atoms with Crippen molar-refractivity contribution < 1.29 is 9.53 Å². The largest absolute Gasteiger partial charge is 0.379 e. The Morgan fingerprint density at radius 1 is 1.61 bits per heavy atom. The summed E-state index contributed by atoms with van der Waals surface area (Å²) in [5, 5.41) is 6.09. The van der Waals surface area contributed by atoms with Crippen LogP contribution in [0.4, 0.5) is 9.93 Å². The summed E-state index contributed by atoms with van der Waals surface area (Å²) in [4.78, 5) is 15.8. The SMILES string of the molecule is Cc1nc(NC(=O)NCCOCC2CC2)sc1I. The molecule has 5 nitrogen and oxygen atoms in total. The first-order valence-corrected chi connectivity index (χ1v) is 7.80. The maximum absolute atomic E-state index is 11.5. The Morgan fingerprint density at radius 3 is 3.00 bits per heavy atom. The van der Waals surface area contributed by atoms with E-state index in [-0.39, 0.29) is 6.03 Å². The van der Waals surface area contributed by atoms with Crippen LogP contribution in [0.3, 0.4) is 0 Å². The van der Waals surface area contributed by atoms with Gasteiger partial charge in [-0.3, -0.25) is 5.32 Å². The molecule has 100 valence electrons. The summed E-state index contributed by atoms with van der Waals surface area (Å²) in [6.07, 6.45) is 2.58. The lowest BCUT2D eigenvalue weighted by Crippen LogP contribution is -2.31. The van der Waals surface area contributed by atoms with E-state index in [9.17, 15) is 4.79 Å². The molecule has 1 saturated carbocycles. The van der Waals surface area contributed by atoms with Gasteiger partial charge in [-0.1, -0.05) is 11.3 Å². The number of ether oxygens (including phenoxy) is 1. The standard InChI is InChI=1S/C11H16IN3O2S/c1-7-9(12)18-11(14-7)15-10(16)13-4-5-17-6-8-2-3-8/h8H,2-6H2,1H3,(H2,13,14,15,16). The van der Waals surface area contributed by atoms with Crippen molar-refractivity contribution in [2.24, 2.45) is 5.92 Å². The maximum atomic E-state index is 11.5. The van der Waals surface area contributed by atoms with Gasteiger partial charge in [-0.15, -0.1) is 0 Å². The predicted molar refractivity (Wildman–Crippen MR) is 80.1 cm³/mol. The molecule has 1 aromatic heterocycles. The molecule has 0 unspecified atom stereocenters. The molecule has 2 rings (SSSR count). The third-order valence-electron chi connectivity index (χ3n) is 2.54. The van der Waals surface area contributed by atoms with Crippen LogP contribution in [0.25, 0.3) is 0 Å². The van der Waals surface area contributed by atoms with Crippen molar-refractivity contribution in [2.45, 2.75) is 19.8 Å². The highest BCUT2D eigenvalue weighted by Crippen LogP contribution is 2.28. The van der Waals surface area contributed by atoms with Crippen LogP contribution in [0, 0.1) is 15.7 Å². The smallest absolute Gasteiger partial charge is 0.321 e. The number of aryl methyl sites for hydroxylation is 1. The van der Waals surface area contributed by atoms with Gasteiger partial charge in [0, 0.05) is 13.2 Å². The van der Waals surface area contributed by atoms with E-state index in [2.05, 4.69) is 38.2 Å². The molecule has 0 atom stereocenters. The molecule has 0 spiro atoms. The molecule has 1 heterocycles. The number of carbonyl (C=O) groups is 1. The number of carbonyl (C=O) groups excluding carboxylic acids is 1. The van der Waals surface area contributed by atoms with Gasteiger partial charge in [0.2, 0.25) is 0 Å². The minimum absolute atomic E-state index is 0.227. The molecule has 1 aliphatic carbocycles.